The van der Waals surface area contributed by atoms with Crippen molar-refractivity contribution in [2.45, 2.75) is 62.8 Å². The van der Waals surface area contributed by atoms with E-state index in [4.69, 9.17) is 9.47 Å². The number of carbonyl (C=O) groups is 1. The van der Waals surface area contributed by atoms with Gasteiger partial charge in [0.15, 0.2) is 0 Å². The summed E-state index contributed by atoms with van der Waals surface area (Å²) in [6, 6.07) is 19.3. The van der Waals surface area contributed by atoms with E-state index in [9.17, 15) is 13.2 Å². The lowest BCUT2D eigenvalue weighted by atomic mass is 9.83. The van der Waals surface area contributed by atoms with Crippen molar-refractivity contribution in [2.24, 2.45) is 0 Å². The van der Waals surface area contributed by atoms with Gasteiger partial charge in [0.05, 0.1) is 25.0 Å². The minimum Gasteiger partial charge on any atom is -0.445 e. The van der Waals surface area contributed by atoms with E-state index >= 15 is 0 Å². The summed E-state index contributed by atoms with van der Waals surface area (Å²) in [4.78, 5) is 14.5. The predicted molar refractivity (Wildman–Crippen MR) is 131 cm³/mol. The molecule has 1 N–H and O–H groups in total. The monoisotopic (exact) mass is 486 g/mol. The molecule has 184 valence electrons. The maximum atomic E-state index is 12.9. The van der Waals surface area contributed by atoms with Gasteiger partial charge in [-0.1, -0.05) is 60.7 Å². The number of sulfonamides is 1. The normalized spacial score (nSPS) is 25.3. The Morgan fingerprint density at radius 2 is 1.62 bits per heavy atom. The molecule has 1 amide bonds. The van der Waals surface area contributed by atoms with Gasteiger partial charge in [-0.2, -0.15) is 0 Å². The number of carbonyl (C=O) groups excluding carboxylic acids is 1. The molecule has 2 unspecified atom stereocenters. The van der Waals surface area contributed by atoms with Crippen molar-refractivity contribution in [1.82, 2.24) is 9.62 Å². The molecule has 34 heavy (non-hydrogen) atoms. The highest BCUT2D eigenvalue weighted by Crippen LogP contribution is 2.34. The highest BCUT2D eigenvalue weighted by Gasteiger charge is 2.40. The zero-order valence-corrected chi connectivity index (χ0v) is 20.5. The van der Waals surface area contributed by atoms with Crippen molar-refractivity contribution in [3.05, 3.63) is 71.8 Å². The fourth-order valence-corrected chi connectivity index (χ4v) is 5.85. The molecular formula is C26H34N2O5S. The summed E-state index contributed by atoms with van der Waals surface area (Å²) < 4.78 is 38.3. The Hall–Kier alpha value is -2.42. The Bertz CT molecular complexity index is 1020. The van der Waals surface area contributed by atoms with E-state index in [0.29, 0.717) is 18.9 Å². The summed E-state index contributed by atoms with van der Waals surface area (Å²) in [5.41, 5.74) is 2.28. The van der Waals surface area contributed by atoms with Gasteiger partial charge in [0.2, 0.25) is 10.0 Å². The average molecular weight is 487 g/mol. The molecule has 0 bridgehead atoms. The Morgan fingerprint density at radius 3 is 2.26 bits per heavy atom. The number of amides is 1. The molecule has 1 saturated carbocycles. The average Bonchev–Trinajstić information content (AvgIpc) is 3.23. The van der Waals surface area contributed by atoms with Crippen molar-refractivity contribution < 1.29 is 22.7 Å². The Balaban J connectivity index is 1.34. The lowest BCUT2D eigenvalue weighted by Crippen LogP contribution is -2.49. The maximum absolute atomic E-state index is 12.9. The standard InChI is InChI=1S/C26H34N2O5S/c1-34(30,31)27-24-16-17-28(26(29)33-18-20-8-4-2-5-9-20)25(24)19-32-23-14-12-22(13-15-23)21-10-6-3-7-11-21/h2-11,22-25,27H,12-19H2,1H3/t22-,23+,24?,25?. The fourth-order valence-electron chi connectivity index (χ4n) is 5.02. The lowest BCUT2D eigenvalue weighted by Gasteiger charge is -2.32. The minimum atomic E-state index is -3.41. The highest BCUT2D eigenvalue weighted by atomic mass is 32.2. The summed E-state index contributed by atoms with van der Waals surface area (Å²) in [6.45, 7) is 0.890. The topological polar surface area (TPSA) is 84.9 Å². The van der Waals surface area contributed by atoms with Gasteiger partial charge in [0.25, 0.3) is 0 Å². The third-order valence-corrected chi connectivity index (χ3v) is 7.53. The SMILES string of the molecule is CS(=O)(=O)NC1CCN(C(=O)OCc2ccccc2)C1CO[C@H]1CC[C@@H](c2ccccc2)CC1. The van der Waals surface area contributed by atoms with Crippen LogP contribution in [-0.2, 0) is 26.1 Å². The molecule has 1 aliphatic carbocycles. The number of ether oxygens (including phenoxy) is 2. The highest BCUT2D eigenvalue weighted by molar-refractivity contribution is 7.88. The third-order valence-electron chi connectivity index (χ3n) is 6.80. The molecule has 0 spiro atoms. The first-order chi connectivity index (χ1) is 16.4. The molecule has 2 aliphatic rings. The lowest BCUT2D eigenvalue weighted by molar-refractivity contribution is -0.00748. The maximum Gasteiger partial charge on any atom is 0.410 e. The number of hydrogen-bond acceptors (Lipinski definition) is 5. The van der Waals surface area contributed by atoms with Crippen LogP contribution in [0.25, 0.3) is 0 Å². The number of nitrogens with zero attached hydrogens (tertiary/aromatic N) is 1. The second-order valence-corrected chi connectivity index (χ2v) is 11.1. The van der Waals surface area contributed by atoms with Crippen LogP contribution in [0.3, 0.4) is 0 Å². The van der Waals surface area contributed by atoms with Crippen molar-refractivity contribution in [3.8, 4) is 0 Å². The summed E-state index contributed by atoms with van der Waals surface area (Å²) in [5.74, 6) is 0.552. The quantitative estimate of drug-likeness (QED) is 0.608. The van der Waals surface area contributed by atoms with E-state index in [1.54, 1.807) is 4.90 Å². The summed E-state index contributed by atoms with van der Waals surface area (Å²) in [6.07, 6.45) is 5.38. The van der Waals surface area contributed by atoms with Gasteiger partial charge in [-0.3, -0.25) is 0 Å². The number of rotatable bonds is 8. The molecule has 1 heterocycles. The number of hydrogen-bond donors (Lipinski definition) is 1. The molecule has 2 aromatic rings. The van der Waals surface area contributed by atoms with E-state index in [0.717, 1.165) is 37.5 Å². The third kappa shape index (κ3) is 6.81. The van der Waals surface area contributed by atoms with Crippen LogP contribution in [0.2, 0.25) is 0 Å². The molecule has 1 aliphatic heterocycles. The number of nitrogens with one attached hydrogen (secondary N) is 1. The number of benzene rings is 2. The second kappa shape index (κ2) is 11.3. The second-order valence-electron chi connectivity index (χ2n) is 9.30. The first kappa shape index (κ1) is 24.7. The number of likely N-dealkylation sites (tertiary alicyclic amines) is 1. The van der Waals surface area contributed by atoms with E-state index < -0.39 is 22.2 Å². The van der Waals surface area contributed by atoms with Crippen molar-refractivity contribution in [3.63, 3.8) is 0 Å². The minimum absolute atomic E-state index is 0.113. The molecule has 2 fully saturated rings. The fraction of sp³-hybridized carbons (Fsp3) is 0.500. The Morgan fingerprint density at radius 1 is 0.971 bits per heavy atom. The summed E-state index contributed by atoms with van der Waals surface area (Å²) in [5, 5.41) is 0. The van der Waals surface area contributed by atoms with E-state index in [1.165, 1.54) is 5.56 Å². The van der Waals surface area contributed by atoms with Gasteiger partial charge in [0, 0.05) is 12.6 Å². The van der Waals surface area contributed by atoms with Gasteiger partial charge in [-0.25, -0.2) is 17.9 Å². The Kier molecular flexibility index (Phi) is 8.24. The molecule has 1 saturated heterocycles. The van der Waals surface area contributed by atoms with Crippen molar-refractivity contribution in [1.29, 1.82) is 0 Å². The molecule has 8 heteroatoms. The van der Waals surface area contributed by atoms with Crippen LogP contribution in [0, 0.1) is 0 Å². The van der Waals surface area contributed by atoms with Crippen LogP contribution >= 0.6 is 0 Å². The van der Waals surface area contributed by atoms with Gasteiger partial charge in [-0.15, -0.1) is 0 Å². The molecule has 4 rings (SSSR count). The van der Waals surface area contributed by atoms with Crippen LogP contribution < -0.4 is 4.72 Å². The van der Waals surface area contributed by atoms with Crippen LogP contribution in [0.15, 0.2) is 60.7 Å². The molecule has 0 aromatic heterocycles. The van der Waals surface area contributed by atoms with E-state index in [2.05, 4.69) is 29.0 Å². The first-order valence-corrected chi connectivity index (χ1v) is 13.9. The van der Waals surface area contributed by atoms with E-state index in [1.807, 2.05) is 36.4 Å². The van der Waals surface area contributed by atoms with Crippen molar-refractivity contribution in [2.75, 3.05) is 19.4 Å². The largest absolute Gasteiger partial charge is 0.445 e. The smallest absolute Gasteiger partial charge is 0.410 e. The molecule has 7 nitrogen and oxygen atoms in total. The summed E-state index contributed by atoms with van der Waals surface area (Å²) >= 11 is 0. The first-order valence-electron chi connectivity index (χ1n) is 12.0. The molecule has 2 atom stereocenters. The van der Waals surface area contributed by atoms with Crippen LogP contribution in [0.1, 0.15) is 49.1 Å². The molecular weight excluding hydrogens is 452 g/mol. The van der Waals surface area contributed by atoms with Gasteiger partial charge in [-0.05, 0) is 49.1 Å². The Labute approximate surface area is 202 Å². The van der Waals surface area contributed by atoms with Gasteiger partial charge in [0.1, 0.15) is 6.61 Å². The predicted octanol–water partition coefficient (Wildman–Crippen LogP) is 4.06. The summed E-state index contributed by atoms with van der Waals surface area (Å²) in [7, 11) is -3.41. The van der Waals surface area contributed by atoms with Crippen LogP contribution in [0.4, 0.5) is 4.79 Å². The van der Waals surface area contributed by atoms with Crippen LogP contribution in [-0.4, -0.2) is 57.0 Å². The van der Waals surface area contributed by atoms with E-state index in [-0.39, 0.29) is 25.4 Å². The van der Waals surface area contributed by atoms with Crippen LogP contribution in [0.5, 0.6) is 0 Å². The zero-order chi connectivity index (χ0) is 24.0. The molecule has 0 radical (unpaired) electrons. The van der Waals surface area contributed by atoms with Gasteiger partial charge < -0.3 is 14.4 Å². The zero-order valence-electron chi connectivity index (χ0n) is 19.6. The van der Waals surface area contributed by atoms with Gasteiger partial charge >= 0.3 is 6.09 Å². The van der Waals surface area contributed by atoms with Crippen molar-refractivity contribution >= 4 is 16.1 Å². The molecule has 2 aromatic carbocycles.